The van der Waals surface area contributed by atoms with Crippen molar-refractivity contribution < 1.29 is 9.53 Å². The predicted octanol–water partition coefficient (Wildman–Crippen LogP) is 4.10. The lowest BCUT2D eigenvalue weighted by atomic mass is 10.1. The molecule has 110 valence electrons. The molecule has 0 N–H and O–H groups in total. The third-order valence-corrected chi connectivity index (χ3v) is 3.44. The van der Waals surface area contributed by atoms with Gasteiger partial charge >= 0.3 is 0 Å². The van der Waals surface area contributed by atoms with Crippen LogP contribution in [0.3, 0.4) is 0 Å². The van der Waals surface area contributed by atoms with Crippen molar-refractivity contribution in [2.24, 2.45) is 7.05 Å². The minimum Gasteiger partial charge on any atom is -0.457 e. The highest BCUT2D eigenvalue weighted by atomic mass is 35.5. The molecule has 0 saturated carbocycles. The van der Waals surface area contributed by atoms with E-state index in [1.54, 1.807) is 72.5 Å². The summed E-state index contributed by atoms with van der Waals surface area (Å²) in [6.07, 6.45) is 3.34. The van der Waals surface area contributed by atoms with Gasteiger partial charge in [0.2, 0.25) is 5.78 Å². The summed E-state index contributed by atoms with van der Waals surface area (Å²) in [4.78, 5) is 16.4. The molecular weight excluding hydrogens is 300 g/mol. The number of aryl methyl sites for hydroxylation is 1. The number of ether oxygens (including phenoxy) is 1. The van der Waals surface area contributed by atoms with Crippen LogP contribution in [0, 0.1) is 0 Å². The van der Waals surface area contributed by atoms with Gasteiger partial charge in [0.1, 0.15) is 11.5 Å². The van der Waals surface area contributed by atoms with Crippen molar-refractivity contribution in [2.45, 2.75) is 0 Å². The van der Waals surface area contributed by atoms with Gasteiger partial charge in [0, 0.05) is 30.0 Å². The van der Waals surface area contributed by atoms with Crippen LogP contribution in [0.4, 0.5) is 0 Å². The van der Waals surface area contributed by atoms with Crippen LogP contribution in [0.5, 0.6) is 11.5 Å². The van der Waals surface area contributed by atoms with E-state index in [-0.39, 0.29) is 5.78 Å². The molecule has 0 saturated heterocycles. The summed E-state index contributed by atoms with van der Waals surface area (Å²) in [5.74, 6) is 1.63. The van der Waals surface area contributed by atoms with Gasteiger partial charge in [-0.1, -0.05) is 11.6 Å². The molecule has 0 bridgehead atoms. The fourth-order valence-corrected chi connectivity index (χ4v) is 2.15. The maximum atomic E-state index is 12.3. The number of ketones is 1. The van der Waals surface area contributed by atoms with Crippen molar-refractivity contribution >= 4 is 17.4 Å². The van der Waals surface area contributed by atoms with Gasteiger partial charge in [-0.25, -0.2) is 4.98 Å². The number of imidazole rings is 1. The first-order valence-corrected chi connectivity index (χ1v) is 7.07. The van der Waals surface area contributed by atoms with E-state index in [2.05, 4.69) is 4.98 Å². The first-order valence-electron chi connectivity index (χ1n) is 6.69. The van der Waals surface area contributed by atoms with Crippen molar-refractivity contribution in [2.75, 3.05) is 0 Å². The van der Waals surface area contributed by atoms with Crippen LogP contribution in [0.25, 0.3) is 0 Å². The summed E-state index contributed by atoms with van der Waals surface area (Å²) in [6, 6.07) is 14.1. The first-order chi connectivity index (χ1) is 10.6. The standard InChI is InChI=1S/C17H13ClN2O2/c1-20-11-10-19-17(20)16(21)12-2-6-14(7-3-12)22-15-8-4-13(18)5-9-15/h2-11H,1H3. The molecule has 0 unspecified atom stereocenters. The van der Waals surface area contributed by atoms with Gasteiger partial charge in [-0.05, 0) is 48.5 Å². The first kappa shape index (κ1) is 14.4. The lowest BCUT2D eigenvalue weighted by Crippen LogP contribution is -2.08. The second kappa shape index (κ2) is 6.03. The molecule has 0 amide bonds. The fraction of sp³-hybridized carbons (Fsp3) is 0.0588. The number of halogens is 1. The van der Waals surface area contributed by atoms with E-state index < -0.39 is 0 Å². The summed E-state index contributed by atoms with van der Waals surface area (Å²) in [6.45, 7) is 0. The second-order valence-electron chi connectivity index (χ2n) is 4.77. The van der Waals surface area contributed by atoms with Gasteiger partial charge < -0.3 is 9.30 Å². The van der Waals surface area contributed by atoms with Gasteiger partial charge in [0.05, 0.1) is 0 Å². The normalized spacial score (nSPS) is 10.5. The maximum Gasteiger partial charge on any atom is 0.228 e. The molecule has 2 aromatic carbocycles. The Morgan fingerprint density at radius 3 is 2.18 bits per heavy atom. The highest BCUT2D eigenvalue weighted by Gasteiger charge is 2.13. The van der Waals surface area contributed by atoms with Gasteiger partial charge in [-0.3, -0.25) is 4.79 Å². The molecule has 0 atom stereocenters. The van der Waals surface area contributed by atoms with Gasteiger partial charge in [-0.15, -0.1) is 0 Å². The lowest BCUT2D eigenvalue weighted by molar-refractivity contribution is 0.102. The van der Waals surface area contributed by atoms with Crippen LogP contribution >= 0.6 is 11.6 Å². The molecule has 0 aliphatic rings. The Kier molecular flexibility index (Phi) is 3.94. The third-order valence-electron chi connectivity index (χ3n) is 3.19. The maximum absolute atomic E-state index is 12.3. The van der Waals surface area contributed by atoms with Crippen LogP contribution in [-0.2, 0) is 7.05 Å². The van der Waals surface area contributed by atoms with Crippen LogP contribution in [-0.4, -0.2) is 15.3 Å². The Labute approximate surface area is 132 Å². The largest absolute Gasteiger partial charge is 0.457 e. The number of carbonyl (C=O) groups excluding carboxylic acids is 1. The molecule has 1 aromatic heterocycles. The van der Waals surface area contributed by atoms with Gasteiger partial charge in [-0.2, -0.15) is 0 Å². The Balaban J connectivity index is 1.77. The number of nitrogens with zero attached hydrogens (tertiary/aromatic N) is 2. The molecule has 1 heterocycles. The van der Waals surface area contributed by atoms with Gasteiger partial charge in [0.25, 0.3) is 0 Å². The zero-order valence-corrected chi connectivity index (χ0v) is 12.6. The molecule has 0 spiro atoms. The van der Waals surface area contributed by atoms with Crippen molar-refractivity contribution in [1.82, 2.24) is 9.55 Å². The fourth-order valence-electron chi connectivity index (χ4n) is 2.03. The molecule has 22 heavy (non-hydrogen) atoms. The predicted molar refractivity (Wildman–Crippen MR) is 84.6 cm³/mol. The zero-order valence-electron chi connectivity index (χ0n) is 11.9. The Hall–Kier alpha value is -2.59. The lowest BCUT2D eigenvalue weighted by Gasteiger charge is -2.06. The summed E-state index contributed by atoms with van der Waals surface area (Å²) >= 11 is 5.83. The molecule has 5 heteroatoms. The minimum absolute atomic E-state index is 0.120. The van der Waals surface area contributed by atoms with Gasteiger partial charge in [0.15, 0.2) is 5.82 Å². The van der Waals surface area contributed by atoms with Crippen LogP contribution < -0.4 is 4.74 Å². The van der Waals surface area contributed by atoms with Crippen LogP contribution in [0.2, 0.25) is 5.02 Å². The molecule has 0 radical (unpaired) electrons. The van der Waals surface area contributed by atoms with E-state index in [9.17, 15) is 4.79 Å². The van der Waals surface area contributed by atoms with E-state index in [0.29, 0.717) is 27.9 Å². The third kappa shape index (κ3) is 3.02. The summed E-state index contributed by atoms with van der Waals surface area (Å²) < 4.78 is 7.39. The highest BCUT2D eigenvalue weighted by Crippen LogP contribution is 2.23. The van der Waals surface area contributed by atoms with E-state index in [1.165, 1.54) is 0 Å². The Morgan fingerprint density at radius 1 is 1.05 bits per heavy atom. The summed E-state index contributed by atoms with van der Waals surface area (Å²) in [5.41, 5.74) is 0.567. The number of rotatable bonds is 4. The number of hydrogen-bond acceptors (Lipinski definition) is 3. The average molecular weight is 313 g/mol. The number of benzene rings is 2. The van der Waals surface area contributed by atoms with Crippen LogP contribution in [0.1, 0.15) is 16.2 Å². The van der Waals surface area contributed by atoms with Crippen LogP contribution in [0.15, 0.2) is 60.9 Å². The Bertz CT molecular complexity index is 792. The number of hydrogen-bond donors (Lipinski definition) is 0. The average Bonchev–Trinajstić information content (AvgIpc) is 2.96. The molecule has 4 nitrogen and oxygen atoms in total. The number of carbonyl (C=O) groups is 1. The highest BCUT2D eigenvalue weighted by molar-refractivity contribution is 6.30. The summed E-state index contributed by atoms with van der Waals surface area (Å²) in [7, 11) is 1.79. The monoisotopic (exact) mass is 312 g/mol. The number of aromatic nitrogens is 2. The van der Waals surface area contributed by atoms with Crippen molar-refractivity contribution in [3.05, 3.63) is 77.3 Å². The van der Waals surface area contributed by atoms with E-state index >= 15 is 0 Å². The smallest absolute Gasteiger partial charge is 0.228 e. The topological polar surface area (TPSA) is 44.1 Å². The molecule has 0 aliphatic heterocycles. The SMILES string of the molecule is Cn1ccnc1C(=O)c1ccc(Oc2ccc(Cl)cc2)cc1. The van der Waals surface area contributed by atoms with Crippen molar-refractivity contribution in [3.8, 4) is 11.5 Å². The van der Waals surface area contributed by atoms with Crippen molar-refractivity contribution in [3.63, 3.8) is 0 Å². The second-order valence-corrected chi connectivity index (χ2v) is 5.21. The molecule has 3 rings (SSSR count). The van der Waals surface area contributed by atoms with E-state index in [0.717, 1.165) is 0 Å². The van der Waals surface area contributed by atoms with E-state index in [4.69, 9.17) is 16.3 Å². The minimum atomic E-state index is -0.120. The van der Waals surface area contributed by atoms with E-state index in [1.807, 2.05) is 0 Å². The molecule has 0 fully saturated rings. The summed E-state index contributed by atoms with van der Waals surface area (Å²) in [5, 5.41) is 0.656. The van der Waals surface area contributed by atoms with Crippen molar-refractivity contribution in [1.29, 1.82) is 0 Å². The molecule has 3 aromatic rings. The Morgan fingerprint density at radius 2 is 1.64 bits per heavy atom. The molecule has 0 aliphatic carbocycles. The quantitative estimate of drug-likeness (QED) is 0.681. The molecular formula is C17H13ClN2O2. The zero-order chi connectivity index (χ0) is 15.5.